The number of ether oxygens (including phenoxy) is 2. The molecule has 0 fully saturated rings. The van der Waals surface area contributed by atoms with Crippen molar-refractivity contribution >= 4 is 40.9 Å². The molecule has 0 radical (unpaired) electrons. The molecule has 0 spiro atoms. The quantitative estimate of drug-likeness (QED) is 0.571. The number of halogens is 2. The highest BCUT2D eigenvalue weighted by molar-refractivity contribution is 6.36. The van der Waals surface area contributed by atoms with Crippen molar-refractivity contribution in [1.82, 2.24) is 4.98 Å². The number of aryl methyl sites for hydroxylation is 1. The number of aromatic nitrogens is 1. The SMILES string of the molecule is COC(=O)c1c(C)[nH]c(C(=O)[C@@H](C)OC(=O)Cc2c(Cl)cccc2Cl)c1C. The first-order chi connectivity index (χ1) is 12.7. The zero-order valence-corrected chi connectivity index (χ0v) is 16.8. The summed E-state index contributed by atoms with van der Waals surface area (Å²) in [5.74, 6) is -1.64. The van der Waals surface area contributed by atoms with Crippen molar-refractivity contribution < 1.29 is 23.9 Å². The van der Waals surface area contributed by atoms with Gasteiger partial charge in [0.15, 0.2) is 6.10 Å². The molecule has 0 aliphatic carbocycles. The third-order valence-electron chi connectivity index (χ3n) is 4.13. The van der Waals surface area contributed by atoms with Crippen molar-refractivity contribution in [3.63, 3.8) is 0 Å². The Kier molecular flexibility index (Phi) is 6.68. The number of H-pyrrole nitrogens is 1. The fraction of sp³-hybridized carbons (Fsp3) is 0.316. The second kappa shape index (κ2) is 8.59. The van der Waals surface area contributed by atoms with E-state index in [1.54, 1.807) is 32.0 Å². The van der Waals surface area contributed by atoms with Gasteiger partial charge in [-0.3, -0.25) is 9.59 Å². The summed E-state index contributed by atoms with van der Waals surface area (Å²) in [6, 6.07) is 4.90. The largest absolute Gasteiger partial charge is 0.465 e. The summed E-state index contributed by atoms with van der Waals surface area (Å²) < 4.78 is 9.95. The predicted molar refractivity (Wildman–Crippen MR) is 102 cm³/mol. The smallest absolute Gasteiger partial charge is 0.339 e. The van der Waals surface area contributed by atoms with Gasteiger partial charge in [0.1, 0.15) is 0 Å². The molecule has 0 aliphatic heterocycles. The summed E-state index contributed by atoms with van der Waals surface area (Å²) in [6.45, 7) is 4.75. The summed E-state index contributed by atoms with van der Waals surface area (Å²) in [6.07, 6.45) is -1.22. The maximum Gasteiger partial charge on any atom is 0.339 e. The van der Waals surface area contributed by atoms with Crippen LogP contribution < -0.4 is 0 Å². The average Bonchev–Trinajstić information content (AvgIpc) is 2.91. The molecule has 2 aromatic rings. The van der Waals surface area contributed by atoms with Crippen LogP contribution in [0.4, 0.5) is 0 Å². The van der Waals surface area contributed by atoms with Crippen molar-refractivity contribution in [2.45, 2.75) is 33.3 Å². The molecule has 0 bridgehead atoms. The summed E-state index contributed by atoms with van der Waals surface area (Å²) in [4.78, 5) is 39.6. The van der Waals surface area contributed by atoms with Crippen LogP contribution in [0.2, 0.25) is 10.0 Å². The highest BCUT2D eigenvalue weighted by Gasteiger charge is 2.27. The first-order valence-electron chi connectivity index (χ1n) is 8.11. The molecular formula is C19H19Cl2NO5. The van der Waals surface area contributed by atoms with E-state index in [1.165, 1.54) is 14.0 Å². The second-order valence-corrected chi connectivity index (χ2v) is 6.80. The van der Waals surface area contributed by atoms with E-state index in [-0.39, 0.29) is 12.1 Å². The van der Waals surface area contributed by atoms with Crippen molar-refractivity contribution in [2.75, 3.05) is 7.11 Å². The Bertz CT molecular complexity index is 883. The molecule has 1 aromatic carbocycles. The molecule has 0 saturated carbocycles. The van der Waals surface area contributed by atoms with Gasteiger partial charge in [-0.1, -0.05) is 29.3 Å². The van der Waals surface area contributed by atoms with Gasteiger partial charge in [0.2, 0.25) is 5.78 Å². The number of ketones is 1. The van der Waals surface area contributed by atoms with Crippen molar-refractivity contribution in [3.05, 3.63) is 56.3 Å². The first kappa shape index (κ1) is 21.0. The summed E-state index contributed by atoms with van der Waals surface area (Å²) in [5.41, 5.74) is 1.88. The number of carbonyl (C=O) groups is 3. The topological polar surface area (TPSA) is 85.5 Å². The van der Waals surface area contributed by atoms with E-state index < -0.39 is 23.8 Å². The predicted octanol–water partition coefficient (Wildman–Crippen LogP) is 4.08. The van der Waals surface area contributed by atoms with E-state index in [9.17, 15) is 14.4 Å². The Hall–Kier alpha value is -2.31. The maximum atomic E-state index is 12.7. The van der Waals surface area contributed by atoms with E-state index in [1.807, 2.05) is 0 Å². The Labute approximate surface area is 166 Å². The van der Waals surface area contributed by atoms with E-state index in [0.717, 1.165) is 0 Å². The van der Waals surface area contributed by atoms with Crippen LogP contribution >= 0.6 is 23.2 Å². The zero-order chi connectivity index (χ0) is 20.3. The third-order valence-corrected chi connectivity index (χ3v) is 4.84. The van der Waals surface area contributed by atoms with Gasteiger partial charge in [-0.05, 0) is 38.5 Å². The standard InChI is InChI=1S/C19H19Cl2NO5/c1-9-16(19(25)26-4)10(2)22-17(9)18(24)11(3)27-15(23)8-12-13(20)6-5-7-14(12)21/h5-7,11,22H,8H2,1-4H3/t11-/m1/s1. The van der Waals surface area contributed by atoms with Gasteiger partial charge >= 0.3 is 11.9 Å². The Morgan fingerprint density at radius 2 is 1.74 bits per heavy atom. The van der Waals surface area contributed by atoms with E-state index >= 15 is 0 Å². The Morgan fingerprint density at radius 1 is 1.15 bits per heavy atom. The van der Waals surface area contributed by atoms with Crippen LogP contribution in [0.25, 0.3) is 0 Å². The van der Waals surface area contributed by atoms with Crippen LogP contribution in [0.3, 0.4) is 0 Å². The number of rotatable bonds is 6. The normalized spacial score (nSPS) is 11.8. The molecule has 1 aromatic heterocycles. The van der Waals surface area contributed by atoms with Crippen LogP contribution in [-0.2, 0) is 20.7 Å². The minimum absolute atomic E-state index is 0.160. The van der Waals surface area contributed by atoms with Crippen LogP contribution in [-0.4, -0.2) is 35.9 Å². The van der Waals surface area contributed by atoms with E-state index in [0.29, 0.717) is 32.4 Å². The average molecular weight is 412 g/mol. The molecule has 2 rings (SSSR count). The first-order valence-corrected chi connectivity index (χ1v) is 8.87. The molecule has 144 valence electrons. The number of aromatic amines is 1. The highest BCUT2D eigenvalue weighted by atomic mass is 35.5. The Morgan fingerprint density at radius 3 is 2.30 bits per heavy atom. The number of nitrogens with one attached hydrogen (secondary N) is 1. The molecular weight excluding hydrogens is 393 g/mol. The molecule has 27 heavy (non-hydrogen) atoms. The fourth-order valence-corrected chi connectivity index (χ4v) is 3.28. The minimum atomic E-state index is -1.05. The summed E-state index contributed by atoms with van der Waals surface area (Å²) >= 11 is 12.1. The van der Waals surface area contributed by atoms with Crippen LogP contribution in [0, 0.1) is 13.8 Å². The second-order valence-electron chi connectivity index (χ2n) is 5.99. The van der Waals surface area contributed by atoms with Crippen LogP contribution in [0.1, 0.15) is 44.6 Å². The number of Topliss-reactive ketones (excluding diaryl/α,β-unsaturated/α-hetero) is 1. The lowest BCUT2D eigenvalue weighted by atomic mass is 10.1. The van der Waals surface area contributed by atoms with Crippen LogP contribution in [0.5, 0.6) is 0 Å². The van der Waals surface area contributed by atoms with Gasteiger partial charge in [-0.25, -0.2) is 4.79 Å². The molecule has 1 N–H and O–H groups in total. The molecule has 1 atom stereocenters. The van der Waals surface area contributed by atoms with Crippen molar-refractivity contribution in [2.24, 2.45) is 0 Å². The van der Waals surface area contributed by atoms with Gasteiger partial charge in [-0.2, -0.15) is 0 Å². The molecule has 8 heteroatoms. The number of esters is 2. The van der Waals surface area contributed by atoms with Gasteiger partial charge in [-0.15, -0.1) is 0 Å². The monoisotopic (exact) mass is 411 g/mol. The lowest BCUT2D eigenvalue weighted by Crippen LogP contribution is -2.26. The molecule has 0 saturated heterocycles. The van der Waals surface area contributed by atoms with E-state index in [2.05, 4.69) is 4.98 Å². The number of benzene rings is 1. The minimum Gasteiger partial charge on any atom is -0.465 e. The van der Waals surface area contributed by atoms with Crippen molar-refractivity contribution in [1.29, 1.82) is 0 Å². The molecule has 0 unspecified atom stereocenters. The van der Waals surface area contributed by atoms with Crippen molar-refractivity contribution in [3.8, 4) is 0 Å². The molecule has 6 nitrogen and oxygen atoms in total. The number of carbonyl (C=O) groups excluding carboxylic acids is 3. The highest BCUT2D eigenvalue weighted by Crippen LogP contribution is 2.25. The van der Waals surface area contributed by atoms with Gasteiger partial charge in [0, 0.05) is 21.3 Å². The Balaban J connectivity index is 2.14. The number of hydrogen-bond donors (Lipinski definition) is 1. The lowest BCUT2D eigenvalue weighted by molar-refractivity contribution is -0.145. The van der Waals surface area contributed by atoms with Crippen LogP contribution in [0.15, 0.2) is 18.2 Å². The zero-order valence-electron chi connectivity index (χ0n) is 15.3. The third kappa shape index (κ3) is 4.51. The summed E-state index contributed by atoms with van der Waals surface area (Å²) in [5, 5.41) is 0.689. The summed E-state index contributed by atoms with van der Waals surface area (Å²) in [7, 11) is 1.26. The molecule has 1 heterocycles. The maximum absolute atomic E-state index is 12.7. The fourth-order valence-electron chi connectivity index (χ4n) is 2.75. The molecule has 0 aliphatic rings. The van der Waals surface area contributed by atoms with Gasteiger partial charge in [0.05, 0.1) is 24.8 Å². The van der Waals surface area contributed by atoms with Gasteiger partial charge < -0.3 is 14.5 Å². The van der Waals surface area contributed by atoms with Gasteiger partial charge in [0.25, 0.3) is 0 Å². The number of methoxy groups -OCH3 is 1. The molecule has 0 amide bonds. The number of hydrogen-bond acceptors (Lipinski definition) is 5. The van der Waals surface area contributed by atoms with E-state index in [4.69, 9.17) is 32.7 Å². The lowest BCUT2D eigenvalue weighted by Gasteiger charge is -2.13.